The van der Waals surface area contributed by atoms with Gasteiger partial charge in [-0.3, -0.25) is 19.2 Å². The van der Waals surface area contributed by atoms with Crippen molar-refractivity contribution in [1.29, 1.82) is 0 Å². The van der Waals surface area contributed by atoms with E-state index < -0.39 is 11.8 Å². The highest BCUT2D eigenvalue weighted by Crippen LogP contribution is 2.23. The molecule has 0 heterocycles. The van der Waals surface area contributed by atoms with Crippen molar-refractivity contribution in [1.82, 2.24) is 5.32 Å². The second-order valence-corrected chi connectivity index (χ2v) is 10.4. The van der Waals surface area contributed by atoms with E-state index in [1.54, 1.807) is 97.1 Å². The molecule has 4 aromatic rings. The van der Waals surface area contributed by atoms with Crippen LogP contribution in [0.25, 0.3) is 6.08 Å². The van der Waals surface area contributed by atoms with Crippen LogP contribution in [0.15, 0.2) is 114 Å². The number of halogens is 1. The van der Waals surface area contributed by atoms with Gasteiger partial charge in [-0.1, -0.05) is 54.1 Å². The van der Waals surface area contributed by atoms with E-state index in [1.807, 2.05) is 6.07 Å². The van der Waals surface area contributed by atoms with Gasteiger partial charge in [0.1, 0.15) is 5.70 Å². The van der Waals surface area contributed by atoms with Crippen molar-refractivity contribution in [3.8, 4) is 0 Å². The summed E-state index contributed by atoms with van der Waals surface area (Å²) in [6.07, 6.45) is 1.52. The second kappa shape index (κ2) is 14.7. The number of benzene rings is 4. The zero-order valence-corrected chi connectivity index (χ0v) is 24.1. The highest BCUT2D eigenvalue weighted by molar-refractivity contribution is 8.00. The molecule has 0 fully saturated rings. The fourth-order valence-electron chi connectivity index (χ4n) is 3.74. The summed E-state index contributed by atoms with van der Waals surface area (Å²) in [4.78, 5) is 50.6. The molecule has 0 aromatic heterocycles. The summed E-state index contributed by atoms with van der Waals surface area (Å²) in [6.45, 7) is 1.42. The molecule has 0 radical (unpaired) electrons. The largest absolute Gasteiger partial charge is 0.326 e. The van der Waals surface area contributed by atoms with Crippen LogP contribution in [0.3, 0.4) is 0 Å². The maximum Gasteiger partial charge on any atom is 0.272 e. The van der Waals surface area contributed by atoms with Crippen molar-refractivity contribution in [2.75, 3.05) is 21.7 Å². The number of thioether (sulfide) groups is 1. The van der Waals surface area contributed by atoms with Gasteiger partial charge in [-0.15, -0.1) is 11.8 Å². The molecule has 0 aliphatic heterocycles. The van der Waals surface area contributed by atoms with Gasteiger partial charge in [0.15, 0.2) is 0 Å². The topological polar surface area (TPSA) is 116 Å². The fourth-order valence-corrected chi connectivity index (χ4v) is 4.68. The van der Waals surface area contributed by atoms with Crippen LogP contribution in [0.4, 0.5) is 17.1 Å². The van der Waals surface area contributed by atoms with Gasteiger partial charge >= 0.3 is 0 Å². The van der Waals surface area contributed by atoms with E-state index in [-0.39, 0.29) is 23.3 Å². The third-order valence-corrected chi connectivity index (χ3v) is 7.02. The molecule has 4 N–H and O–H groups in total. The summed E-state index contributed by atoms with van der Waals surface area (Å²) >= 11 is 7.60. The van der Waals surface area contributed by atoms with Crippen molar-refractivity contribution in [3.63, 3.8) is 0 Å². The number of carbonyl (C=O) groups excluding carboxylic acids is 4. The molecule has 0 aliphatic carbocycles. The number of hydrogen-bond donors (Lipinski definition) is 4. The van der Waals surface area contributed by atoms with Crippen molar-refractivity contribution in [3.05, 3.63) is 125 Å². The number of carbonyl (C=O) groups is 4. The number of hydrogen-bond acceptors (Lipinski definition) is 5. The molecule has 10 heteroatoms. The molecule has 0 spiro atoms. The Labute approximate surface area is 252 Å². The lowest BCUT2D eigenvalue weighted by atomic mass is 10.1. The van der Waals surface area contributed by atoms with Gasteiger partial charge in [0.25, 0.3) is 11.8 Å². The molecule has 42 heavy (non-hydrogen) atoms. The summed E-state index contributed by atoms with van der Waals surface area (Å²) < 4.78 is 0. The lowest BCUT2D eigenvalue weighted by Gasteiger charge is -2.12. The second-order valence-electron chi connectivity index (χ2n) is 8.98. The van der Waals surface area contributed by atoms with E-state index in [1.165, 1.54) is 24.8 Å². The Morgan fingerprint density at radius 3 is 2.10 bits per heavy atom. The predicted molar refractivity (Wildman–Crippen MR) is 169 cm³/mol. The smallest absolute Gasteiger partial charge is 0.272 e. The van der Waals surface area contributed by atoms with Gasteiger partial charge in [0, 0.05) is 39.5 Å². The fraction of sp³-hybridized carbons (Fsp3) is 0.0625. The first kappa shape index (κ1) is 30.1. The van der Waals surface area contributed by atoms with E-state index in [2.05, 4.69) is 21.3 Å². The molecule has 0 saturated carbocycles. The van der Waals surface area contributed by atoms with Crippen LogP contribution in [0.2, 0.25) is 5.02 Å². The van der Waals surface area contributed by atoms with Gasteiger partial charge in [0.2, 0.25) is 11.8 Å². The van der Waals surface area contributed by atoms with Crippen LogP contribution in [0, 0.1) is 0 Å². The third kappa shape index (κ3) is 9.09. The summed E-state index contributed by atoms with van der Waals surface area (Å²) in [5.41, 5.74) is 2.70. The first-order valence-corrected chi connectivity index (χ1v) is 14.2. The normalized spacial score (nSPS) is 10.9. The number of nitrogens with one attached hydrogen (secondary N) is 4. The quantitative estimate of drug-likeness (QED) is 0.124. The summed E-state index contributed by atoms with van der Waals surface area (Å²) in [5, 5.41) is 11.4. The van der Waals surface area contributed by atoms with Crippen molar-refractivity contribution >= 4 is 70.1 Å². The van der Waals surface area contributed by atoms with Crippen LogP contribution < -0.4 is 21.3 Å². The van der Waals surface area contributed by atoms with Gasteiger partial charge in [-0.05, 0) is 72.3 Å². The van der Waals surface area contributed by atoms with Crippen LogP contribution in [-0.2, 0) is 14.4 Å². The van der Waals surface area contributed by atoms with Crippen LogP contribution >= 0.6 is 23.4 Å². The van der Waals surface area contributed by atoms with Crippen molar-refractivity contribution in [2.45, 2.75) is 11.8 Å². The van der Waals surface area contributed by atoms with Crippen LogP contribution in [0.1, 0.15) is 22.8 Å². The molecule has 0 aliphatic rings. The Morgan fingerprint density at radius 2 is 1.40 bits per heavy atom. The van der Waals surface area contributed by atoms with Crippen LogP contribution in [-0.4, -0.2) is 29.4 Å². The lowest BCUT2D eigenvalue weighted by Crippen LogP contribution is -2.30. The molecule has 0 unspecified atom stereocenters. The number of amides is 4. The maximum absolute atomic E-state index is 13.3. The predicted octanol–water partition coefficient (Wildman–Crippen LogP) is 6.44. The SMILES string of the molecule is CC(=O)Nc1ccc(NC(=O)CSc2cccc(NC(=O)/C(=C\c3ccccc3Cl)NC(=O)c3ccccc3)c2)cc1. The van der Waals surface area contributed by atoms with E-state index in [0.29, 0.717) is 33.2 Å². The maximum atomic E-state index is 13.3. The molecule has 4 rings (SSSR count). The van der Waals surface area contributed by atoms with Crippen molar-refractivity contribution < 1.29 is 19.2 Å². The first-order chi connectivity index (χ1) is 20.3. The van der Waals surface area contributed by atoms with Gasteiger partial charge in [-0.25, -0.2) is 0 Å². The van der Waals surface area contributed by atoms with E-state index in [0.717, 1.165) is 4.90 Å². The third-order valence-electron chi connectivity index (χ3n) is 5.68. The average Bonchev–Trinajstić information content (AvgIpc) is 2.98. The zero-order valence-electron chi connectivity index (χ0n) is 22.5. The molecule has 0 atom stereocenters. The van der Waals surface area contributed by atoms with E-state index in [9.17, 15) is 19.2 Å². The van der Waals surface area contributed by atoms with E-state index >= 15 is 0 Å². The first-order valence-electron chi connectivity index (χ1n) is 12.8. The standard InChI is InChI=1S/C32H27ClN4O4S/c1-21(38)34-24-14-16-25(17-15-24)35-30(39)20-42-27-12-7-11-26(19-27)36-32(41)29(18-23-10-5-6-13-28(23)33)37-31(40)22-8-3-2-4-9-22/h2-19H,20H2,1H3,(H,34,38)(H,35,39)(H,36,41)(H,37,40)/b29-18+. The Balaban J connectivity index is 1.41. The monoisotopic (exact) mass is 598 g/mol. The molecular weight excluding hydrogens is 572 g/mol. The summed E-state index contributed by atoms with van der Waals surface area (Å²) in [7, 11) is 0. The minimum Gasteiger partial charge on any atom is -0.326 e. The molecule has 212 valence electrons. The lowest BCUT2D eigenvalue weighted by molar-refractivity contribution is -0.114. The number of rotatable bonds is 10. The molecular formula is C32H27ClN4O4S. The molecule has 4 amide bonds. The highest BCUT2D eigenvalue weighted by atomic mass is 35.5. The summed E-state index contributed by atoms with van der Waals surface area (Å²) in [6, 6.07) is 29.4. The molecule has 8 nitrogen and oxygen atoms in total. The van der Waals surface area contributed by atoms with Gasteiger partial charge in [0.05, 0.1) is 5.75 Å². The Morgan fingerprint density at radius 1 is 0.738 bits per heavy atom. The molecule has 0 bridgehead atoms. The van der Waals surface area contributed by atoms with E-state index in [4.69, 9.17) is 11.6 Å². The Kier molecular flexibility index (Phi) is 10.5. The minimum absolute atomic E-state index is 0.0129. The van der Waals surface area contributed by atoms with Crippen molar-refractivity contribution in [2.24, 2.45) is 0 Å². The average molecular weight is 599 g/mol. The zero-order chi connectivity index (χ0) is 29.9. The van der Waals surface area contributed by atoms with Crippen LogP contribution in [0.5, 0.6) is 0 Å². The van der Waals surface area contributed by atoms with Gasteiger partial charge < -0.3 is 21.3 Å². The summed E-state index contributed by atoms with van der Waals surface area (Å²) in [5.74, 6) is -1.23. The Bertz CT molecular complexity index is 1630. The highest BCUT2D eigenvalue weighted by Gasteiger charge is 2.16. The molecule has 0 saturated heterocycles. The molecule has 4 aromatic carbocycles. The Hall–Kier alpha value is -4.86. The minimum atomic E-state index is -0.540. The number of anilines is 3. The van der Waals surface area contributed by atoms with Gasteiger partial charge in [-0.2, -0.15) is 0 Å².